The molecule has 2 heteroatoms. The summed E-state index contributed by atoms with van der Waals surface area (Å²) in [6.45, 7) is 3.77. The standard InChI is InChI=1S/C11H18N2/c1-2-11(8-12)13-9-10-6-4-3-5-7-10/h3-7,11,13H,2,8-9,12H2,1H3/t11-/m1/s1. The molecule has 72 valence electrons. The van der Waals surface area contributed by atoms with E-state index in [-0.39, 0.29) is 0 Å². The molecular weight excluding hydrogens is 160 g/mol. The van der Waals surface area contributed by atoms with Crippen LogP contribution in [0.1, 0.15) is 18.9 Å². The number of nitrogens with two attached hydrogens (primary N) is 1. The molecule has 1 atom stereocenters. The van der Waals surface area contributed by atoms with Crippen molar-refractivity contribution in [1.82, 2.24) is 5.32 Å². The van der Waals surface area contributed by atoms with Gasteiger partial charge in [-0.05, 0) is 12.0 Å². The zero-order valence-corrected chi connectivity index (χ0v) is 8.16. The number of hydrogen-bond donors (Lipinski definition) is 2. The van der Waals surface area contributed by atoms with E-state index in [4.69, 9.17) is 5.73 Å². The molecule has 0 saturated heterocycles. The van der Waals surface area contributed by atoms with Crippen LogP contribution >= 0.6 is 0 Å². The van der Waals surface area contributed by atoms with Crippen LogP contribution in [-0.2, 0) is 6.54 Å². The maximum atomic E-state index is 5.58. The molecule has 1 aromatic carbocycles. The Morgan fingerprint density at radius 2 is 2.00 bits per heavy atom. The molecule has 13 heavy (non-hydrogen) atoms. The van der Waals surface area contributed by atoms with E-state index < -0.39 is 0 Å². The van der Waals surface area contributed by atoms with Gasteiger partial charge in [-0.15, -0.1) is 0 Å². The average Bonchev–Trinajstić information content (AvgIpc) is 2.21. The summed E-state index contributed by atoms with van der Waals surface area (Å²) in [5, 5.41) is 3.41. The van der Waals surface area contributed by atoms with Gasteiger partial charge in [0.2, 0.25) is 0 Å². The predicted octanol–water partition coefficient (Wildman–Crippen LogP) is 1.51. The van der Waals surface area contributed by atoms with Gasteiger partial charge in [0.15, 0.2) is 0 Å². The first kappa shape index (κ1) is 10.2. The highest BCUT2D eigenvalue weighted by Crippen LogP contribution is 1.98. The van der Waals surface area contributed by atoms with Gasteiger partial charge in [-0.3, -0.25) is 0 Å². The summed E-state index contributed by atoms with van der Waals surface area (Å²) in [5.41, 5.74) is 6.90. The minimum absolute atomic E-state index is 0.445. The molecule has 2 nitrogen and oxygen atoms in total. The first-order valence-electron chi connectivity index (χ1n) is 4.84. The third-order valence-corrected chi connectivity index (χ3v) is 2.22. The Bertz CT molecular complexity index is 217. The third-order valence-electron chi connectivity index (χ3n) is 2.22. The molecule has 0 radical (unpaired) electrons. The third kappa shape index (κ3) is 3.57. The van der Waals surface area contributed by atoms with Crippen LogP contribution < -0.4 is 11.1 Å². The monoisotopic (exact) mass is 178 g/mol. The minimum atomic E-state index is 0.445. The van der Waals surface area contributed by atoms with E-state index >= 15 is 0 Å². The molecular formula is C11H18N2. The lowest BCUT2D eigenvalue weighted by atomic mass is 10.2. The van der Waals surface area contributed by atoms with Gasteiger partial charge in [0.05, 0.1) is 0 Å². The fourth-order valence-corrected chi connectivity index (χ4v) is 1.25. The van der Waals surface area contributed by atoms with Crippen LogP contribution in [-0.4, -0.2) is 12.6 Å². The van der Waals surface area contributed by atoms with Crippen molar-refractivity contribution in [2.75, 3.05) is 6.54 Å². The maximum Gasteiger partial charge on any atom is 0.0208 e. The van der Waals surface area contributed by atoms with Crippen molar-refractivity contribution in [3.05, 3.63) is 35.9 Å². The molecule has 0 aliphatic heterocycles. The van der Waals surface area contributed by atoms with E-state index in [0.29, 0.717) is 12.6 Å². The van der Waals surface area contributed by atoms with Gasteiger partial charge in [-0.2, -0.15) is 0 Å². The highest BCUT2D eigenvalue weighted by Gasteiger charge is 2.01. The molecule has 0 unspecified atom stereocenters. The van der Waals surface area contributed by atoms with Crippen LogP contribution in [0.3, 0.4) is 0 Å². The highest BCUT2D eigenvalue weighted by molar-refractivity contribution is 5.14. The van der Waals surface area contributed by atoms with Crippen molar-refractivity contribution in [2.24, 2.45) is 5.73 Å². The number of nitrogens with one attached hydrogen (secondary N) is 1. The Morgan fingerprint density at radius 1 is 1.31 bits per heavy atom. The summed E-state index contributed by atoms with van der Waals surface area (Å²) < 4.78 is 0. The molecule has 0 heterocycles. The molecule has 0 aromatic heterocycles. The van der Waals surface area contributed by atoms with E-state index in [9.17, 15) is 0 Å². The largest absolute Gasteiger partial charge is 0.329 e. The van der Waals surface area contributed by atoms with E-state index in [1.807, 2.05) is 6.07 Å². The lowest BCUT2D eigenvalue weighted by molar-refractivity contribution is 0.505. The molecule has 3 N–H and O–H groups in total. The molecule has 1 aromatic rings. The quantitative estimate of drug-likeness (QED) is 0.717. The molecule has 0 spiro atoms. The van der Waals surface area contributed by atoms with Crippen molar-refractivity contribution in [3.63, 3.8) is 0 Å². The van der Waals surface area contributed by atoms with Crippen LogP contribution in [0, 0.1) is 0 Å². The van der Waals surface area contributed by atoms with Gasteiger partial charge >= 0.3 is 0 Å². The Hall–Kier alpha value is -0.860. The fourth-order valence-electron chi connectivity index (χ4n) is 1.25. The maximum absolute atomic E-state index is 5.58. The van der Waals surface area contributed by atoms with Crippen LogP contribution in [0.2, 0.25) is 0 Å². The fraction of sp³-hybridized carbons (Fsp3) is 0.455. The van der Waals surface area contributed by atoms with E-state index in [2.05, 4.69) is 36.5 Å². The van der Waals surface area contributed by atoms with Gasteiger partial charge in [-0.1, -0.05) is 37.3 Å². The molecule has 0 aliphatic carbocycles. The smallest absolute Gasteiger partial charge is 0.0208 e. The summed E-state index contributed by atoms with van der Waals surface area (Å²) in [6, 6.07) is 10.8. The van der Waals surface area contributed by atoms with Crippen LogP contribution in [0.25, 0.3) is 0 Å². The Labute approximate surface area is 80.1 Å². The normalized spacial score (nSPS) is 12.8. The second-order valence-corrected chi connectivity index (χ2v) is 3.21. The zero-order chi connectivity index (χ0) is 9.52. The molecule has 0 bridgehead atoms. The molecule has 0 saturated carbocycles. The van der Waals surface area contributed by atoms with Crippen molar-refractivity contribution in [3.8, 4) is 0 Å². The van der Waals surface area contributed by atoms with Crippen molar-refractivity contribution < 1.29 is 0 Å². The van der Waals surface area contributed by atoms with Gasteiger partial charge in [-0.25, -0.2) is 0 Å². The van der Waals surface area contributed by atoms with Crippen LogP contribution in [0.5, 0.6) is 0 Å². The molecule has 0 amide bonds. The van der Waals surface area contributed by atoms with Crippen LogP contribution in [0.4, 0.5) is 0 Å². The first-order valence-corrected chi connectivity index (χ1v) is 4.84. The number of rotatable bonds is 5. The second kappa shape index (κ2) is 5.73. The highest BCUT2D eigenvalue weighted by atomic mass is 14.9. The summed E-state index contributed by atoms with van der Waals surface area (Å²) in [5.74, 6) is 0. The number of benzene rings is 1. The summed E-state index contributed by atoms with van der Waals surface area (Å²) in [6.07, 6.45) is 1.09. The zero-order valence-electron chi connectivity index (χ0n) is 8.16. The molecule has 0 fully saturated rings. The van der Waals surface area contributed by atoms with Gasteiger partial charge < -0.3 is 11.1 Å². The second-order valence-electron chi connectivity index (χ2n) is 3.21. The van der Waals surface area contributed by atoms with E-state index in [0.717, 1.165) is 13.0 Å². The van der Waals surface area contributed by atoms with Crippen LogP contribution in [0.15, 0.2) is 30.3 Å². The lowest BCUT2D eigenvalue weighted by Crippen LogP contribution is -2.34. The summed E-state index contributed by atoms with van der Waals surface area (Å²) >= 11 is 0. The molecule has 0 aliphatic rings. The topological polar surface area (TPSA) is 38.0 Å². The lowest BCUT2D eigenvalue weighted by Gasteiger charge is -2.14. The first-order chi connectivity index (χ1) is 6.36. The van der Waals surface area contributed by atoms with Crippen molar-refractivity contribution >= 4 is 0 Å². The van der Waals surface area contributed by atoms with E-state index in [1.54, 1.807) is 0 Å². The van der Waals surface area contributed by atoms with Gasteiger partial charge in [0.25, 0.3) is 0 Å². The SMILES string of the molecule is CC[C@H](CN)NCc1ccccc1. The average molecular weight is 178 g/mol. The van der Waals surface area contributed by atoms with Gasteiger partial charge in [0, 0.05) is 19.1 Å². The van der Waals surface area contributed by atoms with E-state index in [1.165, 1.54) is 5.56 Å². The Kier molecular flexibility index (Phi) is 4.50. The number of hydrogen-bond acceptors (Lipinski definition) is 2. The predicted molar refractivity (Wildman–Crippen MR) is 56.4 cm³/mol. The Balaban J connectivity index is 2.34. The Morgan fingerprint density at radius 3 is 2.54 bits per heavy atom. The molecule has 1 rings (SSSR count). The van der Waals surface area contributed by atoms with Crippen molar-refractivity contribution in [2.45, 2.75) is 25.9 Å². The van der Waals surface area contributed by atoms with Gasteiger partial charge in [0.1, 0.15) is 0 Å². The summed E-state index contributed by atoms with van der Waals surface area (Å²) in [7, 11) is 0. The minimum Gasteiger partial charge on any atom is -0.329 e. The van der Waals surface area contributed by atoms with Crippen molar-refractivity contribution in [1.29, 1.82) is 0 Å². The summed E-state index contributed by atoms with van der Waals surface area (Å²) in [4.78, 5) is 0.